The van der Waals surface area contributed by atoms with Gasteiger partial charge in [-0.05, 0) is 27.5 Å². The number of hydrogen-bond acceptors (Lipinski definition) is 3. The Bertz CT molecular complexity index is 155. The fourth-order valence-electron chi connectivity index (χ4n) is 0.899. The van der Waals surface area contributed by atoms with E-state index in [-0.39, 0.29) is 12.4 Å². The minimum Gasteiger partial charge on any atom is -0.353 e. The summed E-state index contributed by atoms with van der Waals surface area (Å²) in [7, 11) is 0. The van der Waals surface area contributed by atoms with Crippen LogP contribution >= 0.6 is 0 Å². The molecule has 0 aromatic carbocycles. The first-order valence-electron chi connectivity index (χ1n) is 4.58. The van der Waals surface area contributed by atoms with Crippen LogP contribution in [0, 0.1) is 0 Å². The van der Waals surface area contributed by atoms with E-state index in [1.165, 1.54) is 0 Å². The maximum atomic E-state index is 5.50. The molecule has 0 saturated heterocycles. The fraction of sp³-hybridized carbons (Fsp3) is 0.700. The fourth-order valence-corrected chi connectivity index (χ4v) is 0.899. The molecule has 0 aliphatic rings. The third-order valence-electron chi connectivity index (χ3n) is 1.32. The van der Waals surface area contributed by atoms with Crippen molar-refractivity contribution in [1.29, 1.82) is 0 Å². The van der Waals surface area contributed by atoms with Crippen LogP contribution in [-0.4, -0.2) is 25.7 Å². The van der Waals surface area contributed by atoms with Crippen LogP contribution in [0.15, 0.2) is 17.3 Å². The van der Waals surface area contributed by atoms with E-state index in [4.69, 9.17) is 9.47 Å². The van der Waals surface area contributed by atoms with Gasteiger partial charge in [-0.3, -0.25) is 4.99 Å². The smallest absolute Gasteiger partial charge is 0.161 e. The second-order valence-corrected chi connectivity index (χ2v) is 2.87. The molecule has 0 radical (unpaired) electrons. The lowest BCUT2D eigenvalue weighted by Gasteiger charge is -2.18. The molecule has 0 amide bonds. The number of aliphatic imine (C=N–C) groups is 1. The number of rotatable bonds is 7. The highest BCUT2D eigenvalue weighted by Gasteiger charge is 2.07. The van der Waals surface area contributed by atoms with Crippen LogP contribution in [0.4, 0.5) is 0 Å². The van der Waals surface area contributed by atoms with Crippen molar-refractivity contribution in [3.05, 3.63) is 12.3 Å². The van der Waals surface area contributed by atoms with Crippen LogP contribution < -0.4 is 0 Å². The van der Waals surface area contributed by atoms with Crippen molar-refractivity contribution in [2.24, 2.45) is 4.99 Å². The number of hydrogen-bond donors (Lipinski definition) is 0. The molecule has 0 aromatic heterocycles. The van der Waals surface area contributed by atoms with E-state index < -0.39 is 0 Å². The second-order valence-electron chi connectivity index (χ2n) is 2.87. The molecule has 1 atom stereocenters. The molecule has 3 nitrogen and oxygen atoms in total. The highest BCUT2D eigenvalue weighted by Crippen LogP contribution is 2.05. The molecular weight excluding hydrogens is 166 g/mol. The molecule has 0 aliphatic carbocycles. The molecule has 0 N–H and O–H groups in total. The summed E-state index contributed by atoms with van der Waals surface area (Å²) in [5, 5.41) is 0. The Morgan fingerprint density at radius 2 is 2.15 bits per heavy atom. The molecule has 3 heteroatoms. The summed E-state index contributed by atoms with van der Waals surface area (Å²) in [6.45, 7) is 9.93. The lowest BCUT2D eigenvalue weighted by molar-refractivity contribution is -0.157. The quantitative estimate of drug-likeness (QED) is 0.450. The molecule has 0 aromatic rings. The van der Waals surface area contributed by atoms with E-state index in [1.54, 1.807) is 6.20 Å². The van der Waals surface area contributed by atoms with Crippen molar-refractivity contribution in [1.82, 2.24) is 0 Å². The summed E-state index contributed by atoms with van der Waals surface area (Å²) < 4.78 is 10.9. The summed E-state index contributed by atoms with van der Waals surface area (Å²) in [6.07, 6.45) is 4.26. The monoisotopic (exact) mass is 185 g/mol. The molecule has 0 rings (SSSR count). The van der Waals surface area contributed by atoms with E-state index in [1.807, 2.05) is 26.8 Å². The predicted molar refractivity (Wildman–Crippen MR) is 54.9 cm³/mol. The molecule has 0 fully saturated rings. The molecular formula is C10H19NO2. The Morgan fingerprint density at radius 1 is 1.46 bits per heavy atom. The van der Waals surface area contributed by atoms with Gasteiger partial charge in [-0.25, -0.2) is 0 Å². The molecule has 0 heterocycles. The summed E-state index contributed by atoms with van der Waals surface area (Å²) >= 11 is 0. The Balaban J connectivity index is 3.78. The van der Waals surface area contributed by atoms with Gasteiger partial charge in [0.2, 0.25) is 0 Å². The Kier molecular flexibility index (Phi) is 7.54. The Labute approximate surface area is 80.5 Å². The third-order valence-corrected chi connectivity index (χ3v) is 1.32. The summed E-state index contributed by atoms with van der Waals surface area (Å²) in [4.78, 5) is 3.61. The zero-order valence-electron chi connectivity index (χ0n) is 8.69. The van der Waals surface area contributed by atoms with Crippen molar-refractivity contribution in [3.8, 4) is 0 Å². The molecule has 1 unspecified atom stereocenters. The first kappa shape index (κ1) is 12.3. The maximum Gasteiger partial charge on any atom is 0.161 e. The highest BCUT2D eigenvalue weighted by atomic mass is 16.7. The van der Waals surface area contributed by atoms with Gasteiger partial charge in [-0.15, -0.1) is 0 Å². The van der Waals surface area contributed by atoms with Crippen molar-refractivity contribution in [2.45, 2.75) is 39.6 Å². The topological polar surface area (TPSA) is 30.8 Å². The van der Waals surface area contributed by atoms with Crippen molar-refractivity contribution in [3.63, 3.8) is 0 Å². The predicted octanol–water partition coefficient (Wildman–Crippen LogP) is 2.38. The van der Waals surface area contributed by atoms with E-state index >= 15 is 0 Å². The number of ether oxygens (including phenoxy) is 2. The minimum absolute atomic E-state index is 0.164. The van der Waals surface area contributed by atoms with Crippen LogP contribution in [0.5, 0.6) is 0 Å². The standard InChI is InChI=1S/C10H19NO2/c1-5-12-10(13-9(2)3)7-6-8-11-4/h6,8-10H,4-5,7H2,1-3H3/b8-6-. The van der Waals surface area contributed by atoms with Crippen LogP contribution in [0.25, 0.3) is 0 Å². The minimum atomic E-state index is -0.164. The summed E-state index contributed by atoms with van der Waals surface area (Å²) in [6, 6.07) is 0. The van der Waals surface area contributed by atoms with Crippen LogP contribution in [-0.2, 0) is 9.47 Å². The van der Waals surface area contributed by atoms with Gasteiger partial charge in [0.1, 0.15) is 0 Å². The molecule has 0 saturated carbocycles. The average Bonchev–Trinajstić information content (AvgIpc) is 2.04. The molecule has 0 bridgehead atoms. The lowest BCUT2D eigenvalue weighted by atomic mass is 10.4. The van der Waals surface area contributed by atoms with E-state index in [0.717, 1.165) is 0 Å². The van der Waals surface area contributed by atoms with Gasteiger partial charge in [0.15, 0.2) is 6.29 Å². The summed E-state index contributed by atoms with van der Waals surface area (Å²) in [5.74, 6) is 0. The normalized spacial score (nSPS) is 13.8. The van der Waals surface area contributed by atoms with E-state index in [2.05, 4.69) is 11.7 Å². The Hall–Kier alpha value is -0.670. The zero-order valence-corrected chi connectivity index (χ0v) is 8.69. The molecule has 76 valence electrons. The molecule has 0 aliphatic heterocycles. The highest BCUT2D eigenvalue weighted by molar-refractivity contribution is 5.25. The number of nitrogens with zero attached hydrogens (tertiary/aromatic N) is 1. The molecule has 0 spiro atoms. The van der Waals surface area contributed by atoms with Gasteiger partial charge in [-0.2, -0.15) is 0 Å². The van der Waals surface area contributed by atoms with E-state index in [0.29, 0.717) is 13.0 Å². The van der Waals surface area contributed by atoms with E-state index in [9.17, 15) is 0 Å². The largest absolute Gasteiger partial charge is 0.353 e. The van der Waals surface area contributed by atoms with Crippen molar-refractivity contribution in [2.75, 3.05) is 6.61 Å². The van der Waals surface area contributed by atoms with Gasteiger partial charge in [0.05, 0.1) is 6.10 Å². The van der Waals surface area contributed by atoms with Crippen molar-refractivity contribution >= 4 is 6.72 Å². The van der Waals surface area contributed by atoms with Crippen molar-refractivity contribution < 1.29 is 9.47 Å². The van der Waals surface area contributed by atoms with Gasteiger partial charge >= 0.3 is 0 Å². The van der Waals surface area contributed by atoms with Gasteiger partial charge in [-0.1, -0.05) is 6.08 Å². The second kappa shape index (κ2) is 7.95. The zero-order chi connectivity index (χ0) is 10.1. The molecule has 13 heavy (non-hydrogen) atoms. The SMILES string of the molecule is C=N/C=C\CC(OCC)OC(C)C. The summed E-state index contributed by atoms with van der Waals surface area (Å²) in [5.41, 5.74) is 0. The van der Waals surface area contributed by atoms with Crippen LogP contribution in [0.2, 0.25) is 0 Å². The van der Waals surface area contributed by atoms with Gasteiger partial charge < -0.3 is 9.47 Å². The maximum absolute atomic E-state index is 5.50. The lowest BCUT2D eigenvalue weighted by Crippen LogP contribution is -2.20. The van der Waals surface area contributed by atoms with Crippen LogP contribution in [0.1, 0.15) is 27.2 Å². The third kappa shape index (κ3) is 7.68. The average molecular weight is 185 g/mol. The Morgan fingerprint density at radius 3 is 2.62 bits per heavy atom. The van der Waals surface area contributed by atoms with Gasteiger partial charge in [0.25, 0.3) is 0 Å². The first-order chi connectivity index (χ1) is 6.20. The first-order valence-corrected chi connectivity index (χ1v) is 4.58. The van der Waals surface area contributed by atoms with Gasteiger partial charge in [0, 0.05) is 19.2 Å². The van der Waals surface area contributed by atoms with Crippen LogP contribution in [0.3, 0.4) is 0 Å².